The van der Waals surface area contributed by atoms with Gasteiger partial charge in [0.25, 0.3) is 0 Å². The number of aryl methyl sites for hydroxylation is 1. The number of benzene rings is 1. The summed E-state index contributed by atoms with van der Waals surface area (Å²) in [6.45, 7) is 21.0. The highest BCUT2D eigenvalue weighted by atomic mass is 28.3. The lowest BCUT2D eigenvalue weighted by Gasteiger charge is -2.34. The van der Waals surface area contributed by atoms with Crippen molar-refractivity contribution in [1.29, 1.82) is 0 Å². The van der Waals surface area contributed by atoms with Crippen molar-refractivity contribution < 1.29 is 4.58 Å². The Balaban J connectivity index is 2.03. The van der Waals surface area contributed by atoms with Crippen molar-refractivity contribution in [3.8, 4) is 0 Å². The molecule has 1 heterocycles. The van der Waals surface area contributed by atoms with Gasteiger partial charge in [-0.05, 0) is 47.4 Å². The second-order valence-corrected chi connectivity index (χ2v) is 16.1. The Morgan fingerprint density at radius 1 is 1.14 bits per heavy atom. The van der Waals surface area contributed by atoms with E-state index in [1.165, 1.54) is 54.0 Å². The lowest BCUT2D eigenvalue weighted by Crippen LogP contribution is -2.31. The molecule has 1 saturated carbocycles. The van der Waals surface area contributed by atoms with Gasteiger partial charge in [-0.1, -0.05) is 95.1 Å². The second kappa shape index (κ2) is 7.70. The van der Waals surface area contributed by atoms with Crippen LogP contribution < -0.4 is 0 Å². The Morgan fingerprint density at radius 2 is 1.79 bits per heavy atom. The first kappa shape index (κ1) is 21.2. The number of hydrogen-bond donors (Lipinski definition) is 0. The van der Waals surface area contributed by atoms with Gasteiger partial charge in [0.15, 0.2) is 0 Å². The summed E-state index contributed by atoms with van der Waals surface area (Å²) in [5, 5.41) is 1.55. The lowest BCUT2D eigenvalue weighted by atomic mass is 9.84. The maximum Gasteiger partial charge on any atom is 0.147 e. The Hall–Kier alpha value is -1.54. The molecule has 3 rings (SSSR count). The summed E-state index contributed by atoms with van der Waals surface area (Å²) in [7, 11) is -1.44. The molecule has 0 saturated heterocycles. The van der Waals surface area contributed by atoms with Gasteiger partial charge in [0.1, 0.15) is 12.2 Å². The van der Waals surface area contributed by atoms with Crippen LogP contribution in [0.2, 0.25) is 19.6 Å². The fourth-order valence-electron chi connectivity index (χ4n) is 4.69. The first-order valence-corrected chi connectivity index (χ1v) is 14.5. The van der Waals surface area contributed by atoms with E-state index in [0.717, 1.165) is 12.3 Å². The third-order valence-corrected chi connectivity index (χ3v) is 8.21. The van der Waals surface area contributed by atoms with Crippen LogP contribution in [0.15, 0.2) is 41.2 Å². The van der Waals surface area contributed by atoms with E-state index in [9.17, 15) is 0 Å². The third-order valence-electron chi connectivity index (χ3n) is 6.14. The van der Waals surface area contributed by atoms with Crippen LogP contribution >= 0.6 is 0 Å². The summed E-state index contributed by atoms with van der Waals surface area (Å²) in [4.78, 5) is 0. The smallest absolute Gasteiger partial charge is 0.147 e. The van der Waals surface area contributed by atoms with E-state index >= 15 is 0 Å². The Labute approximate surface area is 174 Å². The highest BCUT2D eigenvalue weighted by molar-refractivity contribution is 6.84. The standard InChI is InChI=1S/C26H39NSi/c1-19-13-14-21(20-11-9-10-12-20)15-23(19)24-16-22(17-26(2,3)4)25(18-27(24)5)28(6,7)8/h13-16,18,20H,5,9-12,17H2,1-4,6-8H3. The van der Waals surface area contributed by atoms with Crippen molar-refractivity contribution in [2.45, 2.75) is 85.4 Å². The van der Waals surface area contributed by atoms with Crippen LogP contribution in [0.25, 0.3) is 0 Å². The van der Waals surface area contributed by atoms with Gasteiger partial charge in [0.05, 0.1) is 14.8 Å². The molecule has 2 aliphatic rings. The summed E-state index contributed by atoms with van der Waals surface area (Å²) < 4.78 is 2.14. The van der Waals surface area contributed by atoms with E-state index < -0.39 is 8.07 Å². The molecule has 28 heavy (non-hydrogen) atoms. The topological polar surface area (TPSA) is 3.01 Å². The van der Waals surface area contributed by atoms with Gasteiger partial charge in [0.2, 0.25) is 0 Å². The number of rotatable bonds is 4. The van der Waals surface area contributed by atoms with E-state index in [-0.39, 0.29) is 5.41 Å². The zero-order chi connectivity index (χ0) is 20.7. The fourth-order valence-corrected chi connectivity index (χ4v) is 6.36. The molecular formula is C26H39NSi. The number of allylic oxidation sites excluding steroid dienone is 2. The van der Waals surface area contributed by atoms with Gasteiger partial charge >= 0.3 is 0 Å². The zero-order valence-corrected chi connectivity index (χ0v) is 20.2. The molecule has 1 aliphatic carbocycles. The van der Waals surface area contributed by atoms with Crippen molar-refractivity contribution in [3.63, 3.8) is 0 Å². The number of nitrogens with zero attached hydrogens (tertiary/aromatic N) is 1. The second-order valence-electron chi connectivity index (χ2n) is 11.1. The van der Waals surface area contributed by atoms with E-state index in [0.29, 0.717) is 0 Å². The van der Waals surface area contributed by atoms with Crippen LogP contribution in [-0.2, 0) is 0 Å². The maximum absolute atomic E-state index is 4.42. The maximum atomic E-state index is 4.42. The molecule has 1 nitrogen and oxygen atoms in total. The molecule has 0 bridgehead atoms. The van der Waals surface area contributed by atoms with Gasteiger partial charge in [-0.25, -0.2) is 0 Å². The fraction of sp³-hybridized carbons (Fsp3) is 0.538. The molecule has 152 valence electrons. The van der Waals surface area contributed by atoms with E-state index in [1.54, 1.807) is 5.20 Å². The van der Waals surface area contributed by atoms with Gasteiger partial charge in [-0.2, -0.15) is 0 Å². The average Bonchev–Trinajstić information content (AvgIpc) is 3.09. The molecule has 0 spiro atoms. The minimum absolute atomic E-state index is 0.278. The zero-order valence-electron chi connectivity index (χ0n) is 19.2. The summed E-state index contributed by atoms with van der Waals surface area (Å²) in [6, 6.07) is 8.39. The summed E-state index contributed by atoms with van der Waals surface area (Å²) in [5.74, 6) is 0.743. The van der Waals surface area contributed by atoms with E-state index in [1.807, 2.05) is 0 Å². The van der Waals surface area contributed by atoms with Crippen LogP contribution in [0.1, 0.15) is 75.5 Å². The summed E-state index contributed by atoms with van der Waals surface area (Å²) >= 11 is 0. The molecule has 0 radical (unpaired) electrons. The van der Waals surface area contributed by atoms with Crippen molar-refractivity contribution in [3.05, 3.63) is 64.0 Å². The molecule has 0 unspecified atom stereocenters. The number of hydrogen-bond acceptors (Lipinski definition) is 0. The van der Waals surface area contributed by atoms with Crippen molar-refractivity contribution in [2.75, 3.05) is 0 Å². The predicted octanol–water partition coefficient (Wildman–Crippen LogP) is 7.38. The van der Waals surface area contributed by atoms with Crippen molar-refractivity contribution in [2.24, 2.45) is 5.41 Å². The van der Waals surface area contributed by atoms with Crippen LogP contribution in [0.4, 0.5) is 0 Å². The molecule has 0 amide bonds. The Kier molecular flexibility index (Phi) is 5.83. The molecule has 0 atom stereocenters. The average molecular weight is 394 g/mol. The van der Waals surface area contributed by atoms with Crippen LogP contribution in [0.3, 0.4) is 0 Å². The highest BCUT2D eigenvalue weighted by Crippen LogP contribution is 2.40. The quantitative estimate of drug-likeness (QED) is 0.285. The van der Waals surface area contributed by atoms with Gasteiger partial charge < -0.3 is 0 Å². The molecule has 1 aromatic rings. The van der Waals surface area contributed by atoms with Crippen molar-refractivity contribution in [1.82, 2.24) is 0 Å². The first-order valence-electron chi connectivity index (χ1n) is 11.0. The molecule has 2 heteroatoms. The van der Waals surface area contributed by atoms with Gasteiger partial charge in [-0.15, -0.1) is 0 Å². The van der Waals surface area contributed by atoms with Crippen LogP contribution in [0.5, 0.6) is 0 Å². The first-order chi connectivity index (χ1) is 13.0. The molecule has 1 fully saturated rings. The Bertz CT molecular complexity index is 808. The molecule has 0 aromatic heterocycles. The minimum Gasteiger partial charge on any atom is -0.255 e. The molecule has 1 aliphatic heterocycles. The predicted molar refractivity (Wildman–Crippen MR) is 126 cm³/mol. The van der Waals surface area contributed by atoms with Gasteiger partial charge in [-0.3, -0.25) is 4.58 Å². The summed E-state index contributed by atoms with van der Waals surface area (Å²) in [5.41, 5.74) is 6.02. The monoisotopic (exact) mass is 393 g/mol. The van der Waals surface area contributed by atoms with Crippen LogP contribution in [0, 0.1) is 18.4 Å². The highest BCUT2D eigenvalue weighted by Gasteiger charge is 2.31. The van der Waals surface area contributed by atoms with E-state index in [2.05, 4.69) is 89.1 Å². The molecular weight excluding hydrogens is 354 g/mol. The SMILES string of the molecule is C=[N+]1C=C([Si](C)(C)C)C(CC(C)(C)C)=C[C-]1c1cc(C2CCCC2)ccc1C. The molecule has 0 N–H and O–H groups in total. The Morgan fingerprint density at radius 3 is 2.36 bits per heavy atom. The van der Waals surface area contributed by atoms with Crippen molar-refractivity contribution >= 4 is 14.8 Å². The largest absolute Gasteiger partial charge is 0.255 e. The minimum atomic E-state index is -1.44. The third kappa shape index (κ3) is 4.71. The summed E-state index contributed by atoms with van der Waals surface area (Å²) in [6.07, 6.45) is 11.3. The normalized spacial score (nSPS) is 19.1. The van der Waals surface area contributed by atoms with Gasteiger partial charge in [0, 0.05) is 0 Å². The van der Waals surface area contributed by atoms with Crippen LogP contribution in [-0.4, -0.2) is 19.4 Å². The molecule has 1 aromatic carbocycles. The van der Waals surface area contributed by atoms with E-state index in [4.69, 9.17) is 0 Å². The lowest BCUT2D eigenvalue weighted by molar-refractivity contribution is -0.418.